The molecule has 0 saturated heterocycles. The molecule has 1 amide bonds. The summed E-state index contributed by atoms with van der Waals surface area (Å²) in [4.78, 5) is 29.3. The highest BCUT2D eigenvalue weighted by atomic mass is 79.9. The molecule has 2 N–H and O–H groups in total. The zero-order chi connectivity index (χ0) is 16.1. The van der Waals surface area contributed by atoms with Crippen molar-refractivity contribution in [2.75, 3.05) is 20.1 Å². The minimum Gasteiger partial charge on any atom is -0.351 e. The number of carbonyl (C=O) groups is 1. The van der Waals surface area contributed by atoms with Crippen molar-refractivity contribution < 1.29 is 9.69 Å². The van der Waals surface area contributed by atoms with Gasteiger partial charge in [-0.25, -0.2) is 4.98 Å². The van der Waals surface area contributed by atoms with E-state index in [1.807, 2.05) is 20.0 Å². The van der Waals surface area contributed by atoms with Gasteiger partial charge in [0, 0.05) is 23.3 Å². The lowest BCUT2D eigenvalue weighted by Gasteiger charge is -2.13. The zero-order valence-corrected chi connectivity index (χ0v) is 14.3. The summed E-state index contributed by atoms with van der Waals surface area (Å²) in [6.07, 6.45) is 2.62. The Kier molecular flexibility index (Phi) is 5.68. The average molecular weight is 368 g/mol. The molecule has 2 rings (SSSR count). The van der Waals surface area contributed by atoms with Crippen LogP contribution in [0.1, 0.15) is 19.0 Å². The second kappa shape index (κ2) is 7.51. The Balaban J connectivity index is 2.10. The van der Waals surface area contributed by atoms with Gasteiger partial charge in [-0.05, 0) is 34.5 Å². The highest BCUT2D eigenvalue weighted by Gasteiger charge is 2.12. The van der Waals surface area contributed by atoms with Crippen LogP contribution in [0, 0.1) is 0 Å². The molecule has 2 aromatic rings. The van der Waals surface area contributed by atoms with E-state index >= 15 is 0 Å². The quantitative estimate of drug-likeness (QED) is 0.754. The molecule has 0 aliphatic rings. The number of hydrogen-bond acceptors (Lipinski definition) is 3. The van der Waals surface area contributed by atoms with E-state index in [9.17, 15) is 9.59 Å². The van der Waals surface area contributed by atoms with Crippen LogP contribution in [-0.4, -0.2) is 35.4 Å². The van der Waals surface area contributed by atoms with Crippen LogP contribution in [0.25, 0.3) is 5.65 Å². The number of hydrogen-bond donors (Lipinski definition) is 2. The first-order chi connectivity index (χ1) is 10.5. The second-order valence-corrected chi connectivity index (χ2v) is 6.24. The number of quaternary nitrogens is 1. The molecule has 118 valence electrons. The van der Waals surface area contributed by atoms with Crippen LogP contribution in [0.2, 0.25) is 0 Å². The van der Waals surface area contributed by atoms with Gasteiger partial charge in [0.2, 0.25) is 0 Å². The van der Waals surface area contributed by atoms with Crippen molar-refractivity contribution >= 4 is 27.5 Å². The fourth-order valence-corrected chi connectivity index (χ4v) is 2.53. The number of amides is 1. The van der Waals surface area contributed by atoms with Gasteiger partial charge in [-0.2, -0.15) is 0 Å². The Morgan fingerprint density at radius 1 is 1.45 bits per heavy atom. The molecule has 6 nitrogen and oxygen atoms in total. The van der Waals surface area contributed by atoms with Gasteiger partial charge in [0.15, 0.2) is 6.54 Å². The monoisotopic (exact) mass is 367 g/mol. The lowest BCUT2D eigenvalue weighted by Crippen LogP contribution is -3.09. The minimum atomic E-state index is -0.121. The van der Waals surface area contributed by atoms with Gasteiger partial charge in [-0.15, -0.1) is 0 Å². The van der Waals surface area contributed by atoms with Crippen LogP contribution in [-0.2, 0) is 11.3 Å². The number of rotatable bonds is 6. The molecule has 0 aliphatic carbocycles. The topological polar surface area (TPSA) is 67.9 Å². The van der Waals surface area contributed by atoms with Crippen molar-refractivity contribution in [1.82, 2.24) is 14.7 Å². The molecular formula is C15H20BrN4O2+. The first-order valence-corrected chi connectivity index (χ1v) is 8.04. The Bertz CT molecular complexity index is 729. The highest BCUT2D eigenvalue weighted by Crippen LogP contribution is 2.09. The van der Waals surface area contributed by atoms with Crippen molar-refractivity contribution in [3.05, 3.63) is 44.9 Å². The number of carbonyl (C=O) groups excluding carboxylic acids is 1. The van der Waals surface area contributed by atoms with Crippen LogP contribution < -0.4 is 15.8 Å². The van der Waals surface area contributed by atoms with Crippen molar-refractivity contribution in [3.63, 3.8) is 0 Å². The van der Waals surface area contributed by atoms with Crippen molar-refractivity contribution in [2.24, 2.45) is 0 Å². The molecule has 0 spiro atoms. The summed E-state index contributed by atoms with van der Waals surface area (Å²) in [5, 5.41) is 2.85. The molecule has 1 unspecified atom stereocenters. The van der Waals surface area contributed by atoms with E-state index < -0.39 is 0 Å². The first kappa shape index (κ1) is 16.6. The van der Waals surface area contributed by atoms with E-state index in [-0.39, 0.29) is 11.5 Å². The molecule has 0 aliphatic heterocycles. The third-order valence-electron chi connectivity index (χ3n) is 3.19. The van der Waals surface area contributed by atoms with Gasteiger partial charge in [0.1, 0.15) is 17.9 Å². The van der Waals surface area contributed by atoms with Crippen molar-refractivity contribution in [3.8, 4) is 0 Å². The van der Waals surface area contributed by atoms with E-state index in [2.05, 4.69) is 26.2 Å². The third kappa shape index (κ3) is 4.38. The summed E-state index contributed by atoms with van der Waals surface area (Å²) in [5.41, 5.74) is 1.17. The summed E-state index contributed by atoms with van der Waals surface area (Å²) in [7, 11) is 1.91. The van der Waals surface area contributed by atoms with Crippen LogP contribution in [0.5, 0.6) is 0 Å². The fraction of sp³-hybridized carbons (Fsp3) is 0.400. The van der Waals surface area contributed by atoms with Crippen LogP contribution in [0.3, 0.4) is 0 Å². The number of nitrogens with zero attached hydrogens (tertiary/aromatic N) is 2. The predicted molar refractivity (Wildman–Crippen MR) is 87.9 cm³/mol. The highest BCUT2D eigenvalue weighted by molar-refractivity contribution is 9.10. The van der Waals surface area contributed by atoms with Crippen LogP contribution in [0.4, 0.5) is 0 Å². The lowest BCUT2D eigenvalue weighted by atomic mass is 10.3. The molecule has 0 aromatic carbocycles. The molecule has 2 heterocycles. The fourth-order valence-electron chi connectivity index (χ4n) is 2.19. The Labute approximate surface area is 137 Å². The SMILES string of the molecule is CCCNC(=O)C[NH+](C)Cc1cc(=O)n2cc(Br)ccc2n1. The molecule has 7 heteroatoms. The van der Waals surface area contributed by atoms with E-state index in [1.165, 1.54) is 10.5 Å². The molecule has 1 atom stereocenters. The predicted octanol–water partition coefficient (Wildman–Crippen LogP) is -0.00210. The van der Waals surface area contributed by atoms with Crippen molar-refractivity contribution in [1.29, 1.82) is 0 Å². The van der Waals surface area contributed by atoms with Crippen molar-refractivity contribution in [2.45, 2.75) is 19.9 Å². The summed E-state index contributed by atoms with van der Waals surface area (Å²) in [6.45, 7) is 3.60. The maximum atomic E-state index is 12.1. The maximum absolute atomic E-state index is 12.1. The number of halogens is 1. The Morgan fingerprint density at radius 2 is 2.23 bits per heavy atom. The number of likely N-dealkylation sites (N-methyl/N-ethyl adjacent to an activating group) is 1. The second-order valence-electron chi connectivity index (χ2n) is 5.32. The van der Waals surface area contributed by atoms with Crippen LogP contribution >= 0.6 is 15.9 Å². The van der Waals surface area contributed by atoms with E-state index in [0.717, 1.165) is 15.8 Å². The first-order valence-electron chi connectivity index (χ1n) is 7.25. The molecule has 0 bridgehead atoms. The molecule has 2 aromatic heterocycles. The van der Waals surface area contributed by atoms with Gasteiger partial charge in [-0.3, -0.25) is 14.0 Å². The van der Waals surface area contributed by atoms with E-state index in [4.69, 9.17) is 0 Å². The summed E-state index contributed by atoms with van der Waals surface area (Å²) < 4.78 is 2.32. The van der Waals surface area contributed by atoms with Crippen LogP contribution in [0.15, 0.2) is 33.7 Å². The van der Waals surface area contributed by atoms with Gasteiger partial charge in [0.25, 0.3) is 11.5 Å². The summed E-state index contributed by atoms with van der Waals surface area (Å²) in [5.74, 6) is 0.0146. The van der Waals surface area contributed by atoms with Gasteiger partial charge < -0.3 is 10.2 Å². The Hall–Kier alpha value is -1.73. The molecule has 0 radical (unpaired) electrons. The maximum Gasteiger partial charge on any atom is 0.275 e. The number of fused-ring (bicyclic) bond motifs is 1. The molecule has 0 fully saturated rings. The van der Waals surface area contributed by atoms with Gasteiger partial charge in [0.05, 0.1) is 7.05 Å². The molecule has 0 saturated carbocycles. The van der Waals surface area contributed by atoms with Gasteiger partial charge >= 0.3 is 0 Å². The normalized spacial score (nSPS) is 12.3. The van der Waals surface area contributed by atoms with E-state index in [1.54, 1.807) is 12.3 Å². The largest absolute Gasteiger partial charge is 0.351 e. The Morgan fingerprint density at radius 3 is 2.95 bits per heavy atom. The minimum absolute atomic E-state index is 0.0146. The lowest BCUT2D eigenvalue weighted by molar-refractivity contribution is -0.885. The standard InChI is InChI=1S/C15H19BrN4O2/c1-3-6-17-14(21)10-19(2)9-12-7-15(22)20-8-11(16)4-5-13(20)18-12/h4-5,7-8H,3,6,9-10H2,1-2H3,(H,17,21)/p+1. The summed E-state index contributed by atoms with van der Waals surface area (Å²) in [6, 6.07) is 5.16. The van der Waals surface area contributed by atoms with E-state index in [0.29, 0.717) is 31.0 Å². The van der Waals surface area contributed by atoms with Gasteiger partial charge in [-0.1, -0.05) is 6.92 Å². The number of nitrogens with one attached hydrogen (secondary N) is 2. The number of aromatic nitrogens is 2. The summed E-state index contributed by atoms with van der Waals surface area (Å²) >= 11 is 3.34. The molecular weight excluding hydrogens is 348 g/mol. The zero-order valence-electron chi connectivity index (χ0n) is 12.7. The third-order valence-corrected chi connectivity index (χ3v) is 3.66. The average Bonchev–Trinajstić information content (AvgIpc) is 2.46. The molecule has 22 heavy (non-hydrogen) atoms. The smallest absolute Gasteiger partial charge is 0.275 e. The number of pyridine rings is 1.